The topological polar surface area (TPSA) is 66.0 Å². The second-order valence-corrected chi connectivity index (χ2v) is 5.97. The number of ether oxygens (including phenoxy) is 1. The van der Waals surface area contributed by atoms with Crippen LogP contribution in [0.3, 0.4) is 0 Å². The number of amides is 1. The van der Waals surface area contributed by atoms with Gasteiger partial charge in [0.1, 0.15) is 5.75 Å². The lowest BCUT2D eigenvalue weighted by Crippen LogP contribution is -2.39. The molecule has 0 bridgehead atoms. The lowest BCUT2D eigenvalue weighted by molar-refractivity contribution is -0.122. The Morgan fingerprint density at radius 3 is 2.75 bits per heavy atom. The predicted octanol–water partition coefficient (Wildman–Crippen LogP) is 1.62. The number of nitrogens with one attached hydrogen (secondary N) is 2. The second-order valence-electron chi connectivity index (χ2n) is 5.97. The van der Waals surface area contributed by atoms with Crippen molar-refractivity contribution in [1.82, 2.24) is 15.5 Å². The van der Waals surface area contributed by atoms with Gasteiger partial charge in [-0.15, -0.1) is 0 Å². The van der Waals surface area contributed by atoms with Crippen molar-refractivity contribution in [2.45, 2.75) is 26.3 Å². The van der Waals surface area contributed by atoms with E-state index in [9.17, 15) is 4.79 Å². The normalized spacial score (nSPS) is 14.2. The van der Waals surface area contributed by atoms with Crippen molar-refractivity contribution in [2.75, 3.05) is 33.8 Å². The van der Waals surface area contributed by atoms with Gasteiger partial charge in [-0.2, -0.15) is 0 Å². The molecule has 6 nitrogen and oxygen atoms in total. The highest BCUT2D eigenvalue weighted by atomic mass is 16.5. The number of aliphatic imine (C=N–C) groups is 1. The summed E-state index contributed by atoms with van der Waals surface area (Å²) in [4.78, 5) is 18.3. The maximum atomic E-state index is 11.6. The highest BCUT2D eigenvalue weighted by Crippen LogP contribution is 2.28. The molecule has 1 aromatic rings. The van der Waals surface area contributed by atoms with Gasteiger partial charge >= 0.3 is 0 Å². The minimum Gasteiger partial charge on any atom is -0.496 e. The fraction of sp³-hybridized carbons (Fsp3) is 0.556. The molecule has 1 aliphatic carbocycles. The number of hydrogen-bond donors (Lipinski definition) is 2. The number of para-hydroxylation sites is 1. The summed E-state index contributed by atoms with van der Waals surface area (Å²) in [6.45, 7) is 4.68. The summed E-state index contributed by atoms with van der Waals surface area (Å²) in [6.07, 6.45) is 2.05. The van der Waals surface area contributed by atoms with Crippen molar-refractivity contribution < 1.29 is 9.53 Å². The third-order valence-electron chi connectivity index (χ3n) is 3.92. The number of methoxy groups -OCH3 is 1. The third kappa shape index (κ3) is 5.44. The molecule has 1 fully saturated rings. The molecule has 0 spiro atoms. The lowest BCUT2D eigenvalue weighted by atomic mass is 10.2. The molecule has 0 radical (unpaired) electrons. The summed E-state index contributed by atoms with van der Waals surface area (Å²) in [5.74, 6) is 2.11. The summed E-state index contributed by atoms with van der Waals surface area (Å²) in [5.41, 5.74) is 1.11. The molecular weight excluding hydrogens is 304 g/mol. The SMILES string of the molecule is CCNC(=NCCNC(=O)C1CC1)N(C)Cc1ccccc1OC. The van der Waals surface area contributed by atoms with E-state index in [1.165, 1.54) is 0 Å². The molecule has 2 rings (SSSR count). The lowest BCUT2D eigenvalue weighted by Gasteiger charge is -2.23. The van der Waals surface area contributed by atoms with E-state index in [-0.39, 0.29) is 11.8 Å². The summed E-state index contributed by atoms with van der Waals surface area (Å²) >= 11 is 0. The Kier molecular flexibility index (Phi) is 6.90. The Bertz CT molecular complexity index is 570. The molecule has 1 aliphatic rings. The average molecular weight is 332 g/mol. The van der Waals surface area contributed by atoms with Crippen LogP contribution in [0.5, 0.6) is 5.75 Å². The number of carbonyl (C=O) groups is 1. The van der Waals surface area contributed by atoms with E-state index in [2.05, 4.69) is 26.6 Å². The Morgan fingerprint density at radius 2 is 2.08 bits per heavy atom. The highest BCUT2D eigenvalue weighted by Gasteiger charge is 2.28. The zero-order chi connectivity index (χ0) is 17.4. The first-order chi connectivity index (χ1) is 11.7. The van der Waals surface area contributed by atoms with Crippen LogP contribution in [0.25, 0.3) is 0 Å². The van der Waals surface area contributed by atoms with E-state index in [1.54, 1.807) is 7.11 Å². The number of rotatable bonds is 8. The maximum absolute atomic E-state index is 11.6. The molecule has 0 aromatic heterocycles. The summed E-state index contributed by atoms with van der Waals surface area (Å²) < 4.78 is 5.40. The quantitative estimate of drug-likeness (QED) is 0.431. The molecule has 0 aliphatic heterocycles. The first kappa shape index (κ1) is 18.1. The Balaban J connectivity index is 1.89. The predicted molar refractivity (Wildman–Crippen MR) is 96.2 cm³/mol. The minimum atomic E-state index is 0.164. The molecule has 0 saturated heterocycles. The van der Waals surface area contributed by atoms with Crippen LogP contribution in [0.1, 0.15) is 25.3 Å². The molecule has 0 atom stereocenters. The fourth-order valence-corrected chi connectivity index (χ4v) is 2.46. The van der Waals surface area contributed by atoms with Crippen LogP contribution >= 0.6 is 0 Å². The van der Waals surface area contributed by atoms with Gasteiger partial charge in [-0.1, -0.05) is 18.2 Å². The fourth-order valence-electron chi connectivity index (χ4n) is 2.46. The van der Waals surface area contributed by atoms with E-state index in [0.717, 1.165) is 36.7 Å². The van der Waals surface area contributed by atoms with E-state index in [0.29, 0.717) is 19.6 Å². The van der Waals surface area contributed by atoms with Gasteiger partial charge in [0.2, 0.25) is 5.91 Å². The van der Waals surface area contributed by atoms with E-state index < -0.39 is 0 Å². The van der Waals surface area contributed by atoms with E-state index in [1.807, 2.05) is 32.2 Å². The molecule has 1 aromatic carbocycles. The average Bonchev–Trinajstić information content (AvgIpc) is 3.43. The Morgan fingerprint density at radius 1 is 1.33 bits per heavy atom. The smallest absolute Gasteiger partial charge is 0.223 e. The van der Waals surface area contributed by atoms with Gasteiger partial charge < -0.3 is 20.3 Å². The number of benzene rings is 1. The van der Waals surface area contributed by atoms with Crippen molar-refractivity contribution in [2.24, 2.45) is 10.9 Å². The van der Waals surface area contributed by atoms with Crippen LogP contribution in [0.4, 0.5) is 0 Å². The number of hydrogen-bond acceptors (Lipinski definition) is 3. The van der Waals surface area contributed by atoms with Crippen molar-refractivity contribution >= 4 is 11.9 Å². The van der Waals surface area contributed by atoms with Crippen LogP contribution in [0.2, 0.25) is 0 Å². The number of nitrogens with zero attached hydrogens (tertiary/aromatic N) is 2. The van der Waals surface area contributed by atoms with Gasteiger partial charge in [0, 0.05) is 38.2 Å². The molecule has 132 valence electrons. The summed E-state index contributed by atoms with van der Waals surface area (Å²) in [5, 5.41) is 6.22. The van der Waals surface area contributed by atoms with Gasteiger partial charge in [0.15, 0.2) is 5.96 Å². The van der Waals surface area contributed by atoms with Crippen molar-refractivity contribution in [3.63, 3.8) is 0 Å². The first-order valence-corrected chi connectivity index (χ1v) is 8.54. The van der Waals surface area contributed by atoms with Gasteiger partial charge in [-0.05, 0) is 25.8 Å². The molecule has 1 saturated carbocycles. The Hall–Kier alpha value is -2.24. The van der Waals surface area contributed by atoms with Gasteiger partial charge in [-0.3, -0.25) is 9.79 Å². The molecule has 24 heavy (non-hydrogen) atoms. The first-order valence-electron chi connectivity index (χ1n) is 8.54. The largest absolute Gasteiger partial charge is 0.496 e. The van der Waals surface area contributed by atoms with Crippen LogP contribution in [-0.2, 0) is 11.3 Å². The van der Waals surface area contributed by atoms with Gasteiger partial charge in [-0.25, -0.2) is 0 Å². The van der Waals surface area contributed by atoms with Crippen molar-refractivity contribution in [1.29, 1.82) is 0 Å². The maximum Gasteiger partial charge on any atom is 0.223 e. The standard InChI is InChI=1S/C18H28N4O2/c1-4-19-18(21-12-11-20-17(23)14-9-10-14)22(2)13-15-7-5-6-8-16(15)24-3/h5-8,14H,4,9-13H2,1-3H3,(H,19,21)(H,20,23). The molecule has 6 heteroatoms. The number of guanidine groups is 1. The van der Waals surface area contributed by atoms with Crippen LogP contribution < -0.4 is 15.4 Å². The van der Waals surface area contributed by atoms with Crippen LogP contribution in [-0.4, -0.2) is 50.6 Å². The van der Waals surface area contributed by atoms with E-state index in [4.69, 9.17) is 4.74 Å². The zero-order valence-electron chi connectivity index (χ0n) is 14.8. The minimum absolute atomic E-state index is 0.164. The van der Waals surface area contributed by atoms with Gasteiger partial charge in [0.05, 0.1) is 13.7 Å². The van der Waals surface area contributed by atoms with Crippen LogP contribution in [0.15, 0.2) is 29.3 Å². The van der Waals surface area contributed by atoms with E-state index >= 15 is 0 Å². The van der Waals surface area contributed by atoms with Crippen molar-refractivity contribution in [3.8, 4) is 5.75 Å². The zero-order valence-corrected chi connectivity index (χ0v) is 14.8. The Labute approximate surface area is 144 Å². The number of carbonyl (C=O) groups excluding carboxylic acids is 1. The van der Waals surface area contributed by atoms with Crippen molar-refractivity contribution in [3.05, 3.63) is 29.8 Å². The molecule has 0 unspecified atom stereocenters. The third-order valence-corrected chi connectivity index (χ3v) is 3.92. The summed E-state index contributed by atoms with van der Waals surface area (Å²) in [6, 6.07) is 7.97. The molecular formula is C18H28N4O2. The monoisotopic (exact) mass is 332 g/mol. The summed E-state index contributed by atoms with van der Waals surface area (Å²) in [7, 11) is 3.68. The molecule has 2 N–H and O–H groups in total. The second kappa shape index (κ2) is 9.15. The highest BCUT2D eigenvalue weighted by molar-refractivity contribution is 5.81. The molecule has 1 amide bonds. The molecule has 0 heterocycles. The van der Waals surface area contributed by atoms with Crippen LogP contribution in [0, 0.1) is 5.92 Å². The van der Waals surface area contributed by atoms with Gasteiger partial charge in [0.25, 0.3) is 0 Å².